The number of sulfone groups is 1. The van der Waals surface area contributed by atoms with Crippen LogP contribution in [0, 0.1) is 12.7 Å². The number of hydrogen-bond acceptors (Lipinski definition) is 10. The van der Waals surface area contributed by atoms with Crippen LogP contribution in [0.2, 0.25) is 0 Å². The maximum absolute atomic E-state index is 15.6. The third-order valence-corrected chi connectivity index (χ3v) is 10.3. The average Bonchev–Trinajstić information content (AvgIpc) is 3.74. The molecule has 3 aromatic heterocycles. The number of aryl methyl sites for hydroxylation is 2. The lowest BCUT2D eigenvalue weighted by Gasteiger charge is -2.28. The van der Waals surface area contributed by atoms with Crippen molar-refractivity contribution in [2.24, 2.45) is 7.05 Å². The average molecular weight is 701 g/mol. The van der Waals surface area contributed by atoms with Crippen LogP contribution in [0.15, 0.2) is 65.7 Å². The first kappa shape index (κ1) is 33.7. The molecular weight excluding hydrogens is 660 g/mol. The Kier molecular flexibility index (Phi) is 9.07. The summed E-state index contributed by atoms with van der Waals surface area (Å²) in [7, 11) is 1.56. The highest BCUT2D eigenvalue weighted by atomic mass is 32.2. The fraction of sp³-hybridized carbons (Fsp3) is 0.389. The van der Waals surface area contributed by atoms with E-state index in [1.807, 2.05) is 61.2 Å². The summed E-state index contributed by atoms with van der Waals surface area (Å²) < 4.78 is 55.2. The molecule has 50 heavy (non-hydrogen) atoms. The Morgan fingerprint density at radius 2 is 1.80 bits per heavy atom. The summed E-state index contributed by atoms with van der Waals surface area (Å²) in [6.07, 6.45) is 7.67. The predicted molar refractivity (Wildman–Crippen MR) is 188 cm³/mol. The quantitative estimate of drug-likeness (QED) is 0.149. The molecular formula is C36H41FN8O4S. The Morgan fingerprint density at radius 3 is 2.42 bits per heavy atom. The van der Waals surface area contributed by atoms with Crippen molar-refractivity contribution < 1.29 is 22.3 Å². The summed E-state index contributed by atoms with van der Waals surface area (Å²) in [6, 6.07) is 15.7. The minimum absolute atomic E-state index is 0.106. The molecule has 1 atom stereocenters. The van der Waals surface area contributed by atoms with E-state index in [4.69, 9.17) is 29.6 Å². The Bertz CT molecular complexity index is 2120. The lowest BCUT2D eigenvalue weighted by molar-refractivity contribution is -0.0405. The van der Waals surface area contributed by atoms with Gasteiger partial charge in [-0.05, 0) is 86.9 Å². The molecule has 1 aliphatic carbocycles. The molecule has 1 saturated carbocycles. The molecule has 2 aliphatic rings. The van der Waals surface area contributed by atoms with Gasteiger partial charge >= 0.3 is 0 Å². The van der Waals surface area contributed by atoms with Crippen LogP contribution in [0.4, 0.5) is 27.7 Å². The molecule has 14 heteroatoms. The molecule has 0 N–H and O–H groups in total. The first-order valence-electron chi connectivity index (χ1n) is 16.7. The summed E-state index contributed by atoms with van der Waals surface area (Å²) in [5, 5.41) is 9.86. The van der Waals surface area contributed by atoms with Crippen molar-refractivity contribution in [2.45, 2.75) is 62.6 Å². The van der Waals surface area contributed by atoms with Gasteiger partial charge in [0.1, 0.15) is 28.8 Å². The van der Waals surface area contributed by atoms with Crippen molar-refractivity contribution >= 4 is 33.1 Å². The van der Waals surface area contributed by atoms with Gasteiger partial charge in [0.15, 0.2) is 21.9 Å². The number of halogens is 1. The molecule has 2 fully saturated rings. The van der Waals surface area contributed by atoms with Crippen molar-refractivity contribution in [1.29, 1.82) is 0 Å². The molecule has 262 valence electrons. The van der Waals surface area contributed by atoms with E-state index in [9.17, 15) is 8.42 Å². The van der Waals surface area contributed by atoms with E-state index in [2.05, 4.69) is 4.90 Å². The maximum Gasteiger partial charge on any atom is 0.232 e. The highest BCUT2D eigenvalue weighted by Gasteiger charge is 2.36. The zero-order valence-electron chi connectivity index (χ0n) is 28.9. The minimum atomic E-state index is -3.61. The summed E-state index contributed by atoms with van der Waals surface area (Å²) in [5.41, 5.74) is 4.36. The van der Waals surface area contributed by atoms with Crippen LogP contribution in [0.1, 0.15) is 61.1 Å². The second-order valence-electron chi connectivity index (χ2n) is 13.0. The maximum atomic E-state index is 15.6. The molecule has 5 aromatic rings. The molecule has 0 bridgehead atoms. The van der Waals surface area contributed by atoms with Crippen molar-refractivity contribution in [3.63, 3.8) is 0 Å². The molecule has 1 unspecified atom stereocenters. The highest BCUT2D eigenvalue weighted by molar-refractivity contribution is 7.90. The van der Waals surface area contributed by atoms with Crippen LogP contribution in [0.5, 0.6) is 5.75 Å². The Hall–Kier alpha value is -4.82. The third kappa shape index (κ3) is 6.81. The summed E-state index contributed by atoms with van der Waals surface area (Å²) in [4.78, 5) is 13.8. The number of aromatic nitrogens is 6. The fourth-order valence-electron chi connectivity index (χ4n) is 6.37. The van der Waals surface area contributed by atoms with Gasteiger partial charge in [0, 0.05) is 50.5 Å². The van der Waals surface area contributed by atoms with Crippen LogP contribution in [-0.4, -0.2) is 65.0 Å². The van der Waals surface area contributed by atoms with E-state index >= 15 is 4.39 Å². The predicted octanol–water partition coefficient (Wildman–Crippen LogP) is 6.62. The number of ether oxygens (including phenoxy) is 2. The van der Waals surface area contributed by atoms with E-state index in [-0.39, 0.29) is 28.7 Å². The Morgan fingerprint density at radius 1 is 1.02 bits per heavy atom. The van der Waals surface area contributed by atoms with Crippen molar-refractivity contribution in [2.75, 3.05) is 36.8 Å². The van der Waals surface area contributed by atoms with Gasteiger partial charge in [0.2, 0.25) is 5.95 Å². The molecule has 1 saturated heterocycles. The smallest absolute Gasteiger partial charge is 0.232 e. The van der Waals surface area contributed by atoms with Crippen LogP contribution in [0.25, 0.3) is 11.4 Å². The van der Waals surface area contributed by atoms with E-state index < -0.39 is 15.7 Å². The minimum Gasteiger partial charge on any atom is -0.497 e. The first-order chi connectivity index (χ1) is 24.0. The monoisotopic (exact) mass is 700 g/mol. The van der Waals surface area contributed by atoms with E-state index in [1.165, 1.54) is 12.1 Å². The molecule has 2 aromatic carbocycles. The van der Waals surface area contributed by atoms with Gasteiger partial charge in [-0.1, -0.05) is 12.1 Å². The normalized spacial score (nSPS) is 16.4. The topological polar surface area (TPSA) is 120 Å². The molecule has 0 radical (unpaired) electrons. The highest BCUT2D eigenvalue weighted by Crippen LogP contribution is 2.49. The largest absolute Gasteiger partial charge is 0.497 e. The molecule has 0 spiro atoms. The molecule has 0 amide bonds. The molecule has 1 aliphatic heterocycles. The van der Waals surface area contributed by atoms with Gasteiger partial charge in [-0.25, -0.2) is 22.5 Å². The number of hydrogen-bond donors (Lipinski definition) is 0. The van der Waals surface area contributed by atoms with E-state index in [0.29, 0.717) is 36.2 Å². The van der Waals surface area contributed by atoms with Crippen molar-refractivity contribution in [3.8, 4) is 17.1 Å². The SMILES string of the molecule is COc1ccc(CN(c2cc(C)n(C3CCCCO3)n2)c2nc(N(C)c3ccc(S(C)(=O)=O)cc3F)nc(-c3ccn(C)n3)c2C2CC2)cc1. The van der Waals surface area contributed by atoms with Gasteiger partial charge in [0.05, 0.1) is 24.2 Å². The number of methoxy groups -OCH3 is 1. The molecule has 4 heterocycles. The van der Waals surface area contributed by atoms with Gasteiger partial charge < -0.3 is 19.3 Å². The lowest BCUT2D eigenvalue weighted by Crippen LogP contribution is -2.24. The van der Waals surface area contributed by atoms with Crippen LogP contribution >= 0.6 is 0 Å². The van der Waals surface area contributed by atoms with Gasteiger partial charge in [-0.2, -0.15) is 15.2 Å². The van der Waals surface area contributed by atoms with Crippen molar-refractivity contribution in [3.05, 3.63) is 83.4 Å². The lowest BCUT2D eigenvalue weighted by atomic mass is 10.1. The molecule has 12 nitrogen and oxygen atoms in total. The number of anilines is 4. The van der Waals surface area contributed by atoms with Crippen LogP contribution < -0.4 is 14.5 Å². The molecule has 7 rings (SSSR count). The van der Waals surface area contributed by atoms with E-state index in [1.54, 1.807) is 23.7 Å². The van der Waals surface area contributed by atoms with Gasteiger partial charge in [-0.3, -0.25) is 4.68 Å². The number of nitrogens with zero attached hydrogens (tertiary/aromatic N) is 8. The zero-order chi connectivity index (χ0) is 35.2. The summed E-state index contributed by atoms with van der Waals surface area (Å²) >= 11 is 0. The standard InChI is InChI=1S/C36H41FN8O4S/c1-23-20-31(41-45(23)32-8-6-7-19-49-32)44(22-24-9-13-26(48-4)14-10-24)35-33(25-11-12-25)34(29-17-18-42(2)40-29)38-36(39-35)43(3)30-16-15-27(21-28(30)37)50(5,46)47/h9-10,13-18,20-21,25,32H,6-8,11-12,19,22H2,1-5H3. The van der Waals surface area contributed by atoms with E-state index in [0.717, 1.165) is 67.0 Å². The van der Waals surface area contributed by atoms with Gasteiger partial charge in [-0.15, -0.1) is 0 Å². The second-order valence-corrected chi connectivity index (χ2v) is 15.1. The third-order valence-electron chi connectivity index (χ3n) is 9.23. The second kappa shape index (κ2) is 13.5. The summed E-state index contributed by atoms with van der Waals surface area (Å²) in [6.45, 7) is 3.14. The zero-order valence-corrected chi connectivity index (χ0v) is 29.7. The van der Waals surface area contributed by atoms with Gasteiger partial charge in [0.25, 0.3) is 0 Å². The number of benzene rings is 2. The van der Waals surface area contributed by atoms with Crippen LogP contribution in [-0.2, 0) is 28.2 Å². The summed E-state index contributed by atoms with van der Waals surface area (Å²) in [5.74, 6) is 1.79. The Labute approximate surface area is 291 Å². The Balaban J connectivity index is 1.42. The van der Waals surface area contributed by atoms with Crippen molar-refractivity contribution in [1.82, 2.24) is 29.5 Å². The fourth-order valence-corrected chi connectivity index (χ4v) is 7.01. The number of rotatable bonds is 11. The first-order valence-corrected chi connectivity index (χ1v) is 18.6. The van der Waals surface area contributed by atoms with Crippen LogP contribution in [0.3, 0.4) is 0 Å².